The normalized spacial score (nSPS) is 10.6. The van der Waals surface area contributed by atoms with Gasteiger partial charge in [0.25, 0.3) is 0 Å². The van der Waals surface area contributed by atoms with E-state index in [0.717, 1.165) is 28.4 Å². The van der Waals surface area contributed by atoms with Crippen molar-refractivity contribution in [1.82, 2.24) is 14.5 Å². The van der Waals surface area contributed by atoms with Crippen LogP contribution in [-0.2, 0) is 0 Å². The summed E-state index contributed by atoms with van der Waals surface area (Å²) in [5.41, 5.74) is 3.04. The van der Waals surface area contributed by atoms with Gasteiger partial charge in [-0.05, 0) is 26.0 Å². The fraction of sp³-hybridized carbons (Fsp3) is 0.188. The van der Waals surface area contributed by atoms with Gasteiger partial charge in [0, 0.05) is 18.0 Å². The SMILES string of the molecule is COc1cc(Nc2nc(C)c(C(=O)O)s2)ccc1-n1cnc(C)c1. The van der Waals surface area contributed by atoms with Crippen LogP contribution in [0.3, 0.4) is 0 Å². The number of hydrogen-bond acceptors (Lipinski definition) is 6. The highest BCUT2D eigenvalue weighted by molar-refractivity contribution is 7.17. The molecule has 8 heteroatoms. The number of nitrogens with zero attached hydrogens (tertiary/aromatic N) is 3. The first-order chi connectivity index (χ1) is 11.5. The van der Waals surface area contributed by atoms with Crippen molar-refractivity contribution in [2.75, 3.05) is 12.4 Å². The minimum atomic E-state index is -0.971. The van der Waals surface area contributed by atoms with Gasteiger partial charge in [-0.3, -0.25) is 0 Å². The third-order valence-corrected chi connectivity index (χ3v) is 4.47. The Bertz CT molecular complexity index is 901. The van der Waals surface area contributed by atoms with Crippen LogP contribution >= 0.6 is 11.3 Å². The zero-order valence-corrected chi connectivity index (χ0v) is 14.2. The second kappa shape index (κ2) is 6.32. The molecule has 0 spiro atoms. The third kappa shape index (κ3) is 3.09. The number of nitrogens with one attached hydrogen (secondary N) is 1. The lowest BCUT2D eigenvalue weighted by Gasteiger charge is -2.11. The van der Waals surface area contributed by atoms with Crippen LogP contribution in [0.4, 0.5) is 10.8 Å². The summed E-state index contributed by atoms with van der Waals surface area (Å²) in [5, 5.41) is 12.7. The molecule has 0 aliphatic heterocycles. The molecule has 124 valence electrons. The van der Waals surface area contributed by atoms with Crippen molar-refractivity contribution in [3.8, 4) is 11.4 Å². The molecule has 7 nitrogen and oxygen atoms in total. The summed E-state index contributed by atoms with van der Waals surface area (Å²) < 4.78 is 7.34. The fourth-order valence-corrected chi connectivity index (χ4v) is 3.12. The predicted molar refractivity (Wildman–Crippen MR) is 91.9 cm³/mol. The molecule has 0 radical (unpaired) electrons. The topological polar surface area (TPSA) is 89.3 Å². The molecule has 0 saturated heterocycles. The molecule has 0 unspecified atom stereocenters. The summed E-state index contributed by atoms with van der Waals surface area (Å²) >= 11 is 1.10. The minimum Gasteiger partial charge on any atom is -0.494 e. The first kappa shape index (κ1) is 16.0. The van der Waals surface area contributed by atoms with Gasteiger partial charge in [0.05, 0.1) is 30.5 Å². The average Bonchev–Trinajstić information content (AvgIpc) is 3.13. The zero-order valence-electron chi connectivity index (χ0n) is 13.4. The van der Waals surface area contributed by atoms with E-state index in [-0.39, 0.29) is 4.88 Å². The number of aromatic carboxylic acids is 1. The Morgan fingerprint density at radius 1 is 1.38 bits per heavy atom. The van der Waals surface area contributed by atoms with Gasteiger partial charge in [0.15, 0.2) is 5.13 Å². The van der Waals surface area contributed by atoms with Crippen LogP contribution in [0.1, 0.15) is 21.1 Å². The second-order valence-electron chi connectivity index (χ2n) is 5.17. The quantitative estimate of drug-likeness (QED) is 0.737. The molecule has 3 rings (SSSR count). The number of ether oxygens (including phenoxy) is 1. The third-order valence-electron chi connectivity index (χ3n) is 3.41. The van der Waals surface area contributed by atoms with Crippen LogP contribution in [0.25, 0.3) is 5.69 Å². The van der Waals surface area contributed by atoms with E-state index in [4.69, 9.17) is 9.84 Å². The Labute approximate surface area is 142 Å². The first-order valence-corrected chi connectivity index (χ1v) is 7.96. The summed E-state index contributed by atoms with van der Waals surface area (Å²) in [7, 11) is 1.60. The molecular formula is C16H16N4O3S. The van der Waals surface area contributed by atoms with E-state index in [0.29, 0.717) is 16.6 Å². The van der Waals surface area contributed by atoms with Crippen molar-refractivity contribution in [2.24, 2.45) is 0 Å². The predicted octanol–water partition coefficient (Wildman–Crippen LogP) is 3.40. The van der Waals surface area contributed by atoms with Crippen LogP contribution < -0.4 is 10.1 Å². The lowest BCUT2D eigenvalue weighted by Crippen LogP contribution is -1.97. The maximum absolute atomic E-state index is 11.1. The number of aromatic nitrogens is 3. The number of hydrogen-bond donors (Lipinski definition) is 2. The monoisotopic (exact) mass is 344 g/mol. The number of carbonyl (C=O) groups is 1. The van der Waals surface area contributed by atoms with Gasteiger partial charge in [-0.25, -0.2) is 14.8 Å². The van der Waals surface area contributed by atoms with Crippen molar-refractivity contribution >= 4 is 28.1 Å². The van der Waals surface area contributed by atoms with Gasteiger partial charge < -0.3 is 19.7 Å². The molecular weight excluding hydrogens is 328 g/mol. The first-order valence-electron chi connectivity index (χ1n) is 7.14. The molecule has 0 atom stereocenters. The van der Waals surface area contributed by atoms with Crippen LogP contribution in [0.15, 0.2) is 30.7 Å². The van der Waals surface area contributed by atoms with Gasteiger partial charge in [-0.2, -0.15) is 0 Å². The number of thiazole rings is 1. The summed E-state index contributed by atoms with van der Waals surface area (Å²) in [5.74, 6) is -0.300. The molecule has 0 aliphatic carbocycles. The van der Waals surface area contributed by atoms with Crippen LogP contribution in [-0.4, -0.2) is 32.7 Å². The van der Waals surface area contributed by atoms with Gasteiger partial charge in [-0.1, -0.05) is 11.3 Å². The largest absolute Gasteiger partial charge is 0.494 e. The van der Waals surface area contributed by atoms with Crippen LogP contribution in [0.2, 0.25) is 0 Å². The number of rotatable bonds is 5. The van der Waals surface area contributed by atoms with Crippen LogP contribution in [0, 0.1) is 13.8 Å². The molecule has 0 aliphatic rings. The average molecular weight is 344 g/mol. The van der Waals surface area contributed by atoms with Crippen molar-refractivity contribution in [3.63, 3.8) is 0 Å². The Balaban J connectivity index is 1.90. The lowest BCUT2D eigenvalue weighted by molar-refractivity contribution is 0.0701. The van der Waals surface area contributed by atoms with E-state index in [1.165, 1.54) is 0 Å². The Hall–Kier alpha value is -2.87. The van der Waals surface area contributed by atoms with E-state index < -0.39 is 5.97 Å². The minimum absolute atomic E-state index is 0.231. The molecule has 0 amide bonds. The summed E-state index contributed by atoms with van der Waals surface area (Å²) in [6, 6.07) is 5.62. The van der Waals surface area contributed by atoms with E-state index in [1.54, 1.807) is 20.4 Å². The number of methoxy groups -OCH3 is 1. The Morgan fingerprint density at radius 3 is 2.75 bits per heavy atom. The van der Waals surface area contributed by atoms with Gasteiger partial charge >= 0.3 is 5.97 Å². The molecule has 2 aromatic heterocycles. The molecule has 2 heterocycles. The Kier molecular flexibility index (Phi) is 4.22. The smallest absolute Gasteiger partial charge is 0.347 e. The molecule has 0 bridgehead atoms. The van der Waals surface area contributed by atoms with Crippen molar-refractivity contribution in [1.29, 1.82) is 0 Å². The summed E-state index contributed by atoms with van der Waals surface area (Å²) in [4.78, 5) is 19.8. The maximum Gasteiger partial charge on any atom is 0.347 e. The highest BCUT2D eigenvalue weighted by Crippen LogP contribution is 2.30. The van der Waals surface area contributed by atoms with E-state index >= 15 is 0 Å². The van der Waals surface area contributed by atoms with Gasteiger partial charge in [0.1, 0.15) is 10.6 Å². The molecule has 0 saturated carbocycles. The maximum atomic E-state index is 11.1. The van der Waals surface area contributed by atoms with E-state index in [2.05, 4.69) is 15.3 Å². The molecule has 3 aromatic rings. The highest BCUT2D eigenvalue weighted by atomic mass is 32.1. The standard InChI is InChI=1S/C16H16N4O3S/c1-9-7-20(8-17-9)12-5-4-11(6-13(12)23-3)19-16-18-10(2)14(24-16)15(21)22/h4-8H,1-3H3,(H,18,19)(H,21,22). The van der Waals surface area contributed by atoms with Crippen molar-refractivity contribution < 1.29 is 14.6 Å². The number of carboxylic acids is 1. The fourth-order valence-electron chi connectivity index (χ4n) is 2.29. The number of imidazole rings is 1. The molecule has 2 N–H and O–H groups in total. The van der Waals surface area contributed by atoms with Crippen LogP contribution in [0.5, 0.6) is 5.75 Å². The summed E-state index contributed by atoms with van der Waals surface area (Å²) in [6.07, 6.45) is 3.64. The number of aryl methyl sites for hydroxylation is 2. The van der Waals surface area contributed by atoms with E-state index in [9.17, 15) is 4.79 Å². The number of benzene rings is 1. The number of carboxylic acid groups (broad SMARTS) is 1. The second-order valence-corrected chi connectivity index (χ2v) is 6.17. The molecule has 0 fully saturated rings. The van der Waals surface area contributed by atoms with Gasteiger partial charge in [0.2, 0.25) is 0 Å². The molecule has 1 aromatic carbocycles. The zero-order chi connectivity index (χ0) is 17.3. The lowest BCUT2D eigenvalue weighted by atomic mass is 10.2. The van der Waals surface area contributed by atoms with Gasteiger partial charge in [-0.15, -0.1) is 0 Å². The van der Waals surface area contributed by atoms with Crippen molar-refractivity contribution in [3.05, 3.63) is 47.0 Å². The number of anilines is 2. The van der Waals surface area contributed by atoms with Crippen molar-refractivity contribution in [2.45, 2.75) is 13.8 Å². The Morgan fingerprint density at radius 2 is 2.17 bits per heavy atom. The van der Waals surface area contributed by atoms with E-state index in [1.807, 2.05) is 35.9 Å². The molecule has 24 heavy (non-hydrogen) atoms. The summed E-state index contributed by atoms with van der Waals surface area (Å²) in [6.45, 7) is 3.60. The highest BCUT2D eigenvalue weighted by Gasteiger charge is 2.14.